The molecule has 1 aromatic rings. The number of rotatable bonds is 8. The zero-order valence-electron chi connectivity index (χ0n) is 21.3. The van der Waals surface area contributed by atoms with Crippen LogP contribution in [0.1, 0.15) is 28.3 Å². The van der Waals surface area contributed by atoms with Crippen LogP contribution in [0.15, 0.2) is 77.8 Å². The third-order valence-corrected chi connectivity index (χ3v) is 5.76. The van der Waals surface area contributed by atoms with Crippen LogP contribution in [0, 0.1) is 13.5 Å². The van der Waals surface area contributed by atoms with E-state index >= 15 is 0 Å². The minimum Gasteiger partial charge on any atom is -0.811 e. The van der Waals surface area contributed by atoms with Crippen LogP contribution in [0.3, 0.4) is 0 Å². The van der Waals surface area contributed by atoms with E-state index in [1.807, 2.05) is 17.0 Å². The first-order chi connectivity index (χ1) is 15.7. The van der Waals surface area contributed by atoms with Crippen molar-refractivity contribution < 1.29 is 60.6 Å². The molecule has 0 saturated carbocycles. The molecule has 1 aromatic carbocycles. The number of carbonyl (C=O) groups is 1. The van der Waals surface area contributed by atoms with Gasteiger partial charge in [-0.15, -0.1) is 5.98 Å². The van der Waals surface area contributed by atoms with Gasteiger partial charge in [0.15, 0.2) is 0 Å². The third-order valence-electron chi connectivity index (χ3n) is 4.98. The molecule has 2 rings (SSSR count). The van der Waals surface area contributed by atoms with E-state index in [1.165, 1.54) is 17.0 Å². The second kappa shape index (κ2) is 20.2. The first-order valence-corrected chi connectivity index (χ1v) is 11.3. The fraction of sp³-hybridized carbons (Fsp3) is 0.296. The van der Waals surface area contributed by atoms with Crippen LogP contribution in [-0.4, -0.2) is 69.7 Å². The fourth-order valence-corrected chi connectivity index (χ4v) is 3.47. The average molecular weight is 564 g/mol. The summed E-state index contributed by atoms with van der Waals surface area (Å²) in [6.07, 6.45) is 10.3. The topological polar surface area (TPSA) is 45.9 Å². The van der Waals surface area contributed by atoms with E-state index in [2.05, 4.69) is 35.2 Å². The molecular weight excluding hydrogens is 531 g/mol. The molecule has 2 atom stereocenters. The number of halogens is 2. The molecule has 182 valence electrons. The maximum absolute atomic E-state index is 14.8. The van der Waals surface area contributed by atoms with Gasteiger partial charge in [0.25, 0.3) is 5.91 Å². The molecule has 2 radical (unpaired) electrons. The summed E-state index contributed by atoms with van der Waals surface area (Å²) in [5.74, 6) is 1.23. The van der Waals surface area contributed by atoms with Crippen LogP contribution >= 0.6 is 15.9 Å². The van der Waals surface area contributed by atoms with Crippen molar-refractivity contribution in [3.05, 3.63) is 108 Å². The van der Waals surface area contributed by atoms with Crippen LogP contribution in [0.25, 0.3) is 5.41 Å². The Morgan fingerprint density at radius 2 is 2.00 bits per heavy atom. The summed E-state index contributed by atoms with van der Waals surface area (Å²) in [5.41, 5.74) is 2.23. The molecule has 1 saturated heterocycles. The minimum atomic E-state index is -0.968. The van der Waals surface area contributed by atoms with Crippen molar-refractivity contribution >= 4 is 35.9 Å². The van der Waals surface area contributed by atoms with Crippen LogP contribution < -0.4 is 51.4 Å². The Bertz CT molecular complexity index is 900. The van der Waals surface area contributed by atoms with Crippen LogP contribution in [0.4, 0.5) is 4.39 Å². The van der Waals surface area contributed by atoms with Crippen molar-refractivity contribution in [3.63, 3.8) is 0 Å². The summed E-state index contributed by atoms with van der Waals surface area (Å²) in [7, 11) is 8.31. The number of likely N-dealkylation sites (tertiary alicyclic amines) is 1. The van der Waals surface area contributed by atoms with Crippen molar-refractivity contribution in [1.29, 1.82) is 0 Å². The Hall–Kier alpha value is -0.869. The fourth-order valence-electron chi connectivity index (χ4n) is 3.24. The monoisotopic (exact) mass is 563 g/mol. The molecule has 1 heterocycles. The van der Waals surface area contributed by atoms with Crippen molar-refractivity contribution in [2.24, 2.45) is 0 Å². The van der Waals surface area contributed by atoms with E-state index in [1.54, 1.807) is 44.5 Å². The van der Waals surface area contributed by atoms with E-state index in [9.17, 15) is 9.18 Å². The van der Waals surface area contributed by atoms with E-state index in [4.69, 9.17) is 13.3 Å². The van der Waals surface area contributed by atoms with Gasteiger partial charge in [0.05, 0.1) is 0 Å². The molecule has 35 heavy (non-hydrogen) atoms. The van der Waals surface area contributed by atoms with Gasteiger partial charge in [-0.3, -0.25) is 10.9 Å². The summed E-state index contributed by atoms with van der Waals surface area (Å²) >= 11 is 3.30. The summed E-state index contributed by atoms with van der Waals surface area (Å²) < 4.78 is 15.4. The Morgan fingerprint density at radius 1 is 1.37 bits per heavy atom. The molecule has 0 N–H and O–H groups in total. The number of allylic oxidation sites excluding steroid dienone is 6. The second-order valence-corrected chi connectivity index (χ2v) is 8.48. The molecule has 0 spiro atoms. The zero-order chi connectivity index (χ0) is 24.8. The first kappa shape index (κ1) is 36.3. The van der Waals surface area contributed by atoms with Crippen molar-refractivity contribution in [2.75, 3.05) is 33.7 Å². The van der Waals surface area contributed by atoms with Gasteiger partial charge in [-0.1, -0.05) is 63.9 Å². The molecule has 1 amide bonds. The Kier molecular flexibility index (Phi) is 21.0. The molecule has 8 heteroatoms. The molecule has 0 aliphatic carbocycles. The quantitative estimate of drug-likeness (QED) is 0.211. The Labute approximate surface area is 263 Å². The molecule has 2 unspecified atom stereocenters. The van der Waals surface area contributed by atoms with Gasteiger partial charge in [-0.05, 0) is 30.7 Å². The van der Waals surface area contributed by atoms with E-state index in [-0.39, 0.29) is 70.6 Å². The van der Waals surface area contributed by atoms with Crippen LogP contribution in [-0.2, 0) is 0 Å². The number of hydrogen-bond donors (Lipinski definition) is 0. The number of alkyl halides is 1. The molecule has 1 aliphatic heterocycles. The minimum absolute atomic E-state index is 0. The SMILES string of the molecule is C=C(C=[C-]CN1CCC(c2ccc(C(=O)N(C)C)cc2)C(F)C1)/C(Br)=C\C=[N-].[B]/C=C/C=C.[CH3-].[K+]. The summed E-state index contributed by atoms with van der Waals surface area (Å²) in [4.78, 5) is 15.5. The van der Waals surface area contributed by atoms with E-state index in [0.29, 0.717) is 35.1 Å². The number of nitrogens with zero attached hydrogens (tertiary/aromatic N) is 3. The average Bonchev–Trinajstić information content (AvgIpc) is 2.80. The second-order valence-electron chi connectivity index (χ2n) is 7.63. The molecule has 0 aromatic heterocycles. The molecule has 4 nitrogen and oxygen atoms in total. The first-order valence-electron chi connectivity index (χ1n) is 10.5. The molecule has 0 bridgehead atoms. The number of hydrogen-bond acceptors (Lipinski definition) is 2. The molecule has 1 aliphatic rings. The summed E-state index contributed by atoms with van der Waals surface area (Å²) in [6, 6.07) is 7.27. The molecular formula is C27H33BBrFKN3O-2. The zero-order valence-corrected chi connectivity index (χ0v) is 26.0. The normalized spacial score (nSPS) is 18.0. The van der Waals surface area contributed by atoms with Gasteiger partial charge in [0.2, 0.25) is 0 Å². The summed E-state index contributed by atoms with van der Waals surface area (Å²) in [5, 5.41) is 8.75. The van der Waals surface area contributed by atoms with Crippen molar-refractivity contribution in [1.82, 2.24) is 9.80 Å². The van der Waals surface area contributed by atoms with Gasteiger partial charge < -0.3 is 22.6 Å². The predicted octanol–water partition coefficient (Wildman–Crippen LogP) is 2.66. The number of piperidine rings is 1. The maximum Gasteiger partial charge on any atom is 1.00 e. The Morgan fingerprint density at radius 3 is 2.46 bits per heavy atom. The van der Waals surface area contributed by atoms with Crippen molar-refractivity contribution in [3.8, 4) is 0 Å². The van der Waals surface area contributed by atoms with Gasteiger partial charge in [-0.25, -0.2) is 10.5 Å². The largest absolute Gasteiger partial charge is 1.00 e. The Balaban J connectivity index is 0. The van der Waals surface area contributed by atoms with Crippen LogP contribution in [0.2, 0.25) is 0 Å². The van der Waals surface area contributed by atoms with E-state index in [0.717, 1.165) is 18.3 Å². The van der Waals surface area contributed by atoms with E-state index < -0.39 is 6.17 Å². The van der Waals surface area contributed by atoms with Gasteiger partial charge in [0.1, 0.15) is 14.0 Å². The van der Waals surface area contributed by atoms with Gasteiger partial charge >= 0.3 is 51.4 Å². The van der Waals surface area contributed by atoms with Gasteiger partial charge in [0, 0.05) is 32.1 Å². The molecule has 1 fully saturated rings. The standard InChI is InChI=1S/C22H25BrFN3O.C4H5B.CH3.K/c1-16(20(23)10-12-25)5-4-13-27-14-11-19(21(24)15-27)17-6-8-18(9-7-17)22(28)26(2)3;1-2-3-4-5;;/h5-10,12,19,21H,1,11,13-15H2,2-3H3;2-4H,1H2;1H3;/q-2;;-1;+1/b20-10+;4-3+;;. The van der Waals surface area contributed by atoms with Crippen molar-refractivity contribution in [2.45, 2.75) is 18.5 Å². The number of amides is 1. The maximum atomic E-state index is 14.8. The number of benzene rings is 1. The summed E-state index contributed by atoms with van der Waals surface area (Å²) in [6.45, 7) is 8.89. The van der Waals surface area contributed by atoms with Gasteiger partial charge in [-0.2, -0.15) is 18.4 Å². The number of carbonyl (C=O) groups excluding carboxylic acids is 1. The smallest absolute Gasteiger partial charge is 0.811 e. The third kappa shape index (κ3) is 13.3. The van der Waals surface area contributed by atoms with Crippen LogP contribution in [0.5, 0.6) is 0 Å². The predicted molar refractivity (Wildman–Crippen MR) is 148 cm³/mol.